The average molecular weight is 406 g/mol. The lowest BCUT2D eigenvalue weighted by atomic mass is 10.2. The predicted octanol–water partition coefficient (Wildman–Crippen LogP) is 2.75. The van der Waals surface area contributed by atoms with Gasteiger partial charge < -0.3 is 10.5 Å². The van der Waals surface area contributed by atoms with E-state index in [2.05, 4.69) is 38.5 Å². The maximum atomic E-state index is 5.54. The van der Waals surface area contributed by atoms with Gasteiger partial charge in [-0.05, 0) is 50.7 Å². The van der Waals surface area contributed by atoms with E-state index in [0.717, 1.165) is 19.4 Å². The molecule has 0 saturated heterocycles. The van der Waals surface area contributed by atoms with Gasteiger partial charge >= 0.3 is 0 Å². The summed E-state index contributed by atoms with van der Waals surface area (Å²) in [5.74, 6) is 0.739. The lowest BCUT2D eigenvalue weighted by Crippen LogP contribution is -2.11. The fourth-order valence-electron chi connectivity index (χ4n) is 0.874. The van der Waals surface area contributed by atoms with Crippen LogP contribution in [0.25, 0.3) is 0 Å². The summed E-state index contributed by atoms with van der Waals surface area (Å²) in [6, 6.07) is 3.75. The first kappa shape index (κ1) is 14.6. The number of benzene rings is 1. The number of nitrogens with two attached hydrogens (primary N) is 1. The van der Waals surface area contributed by atoms with Gasteiger partial charge in [0.2, 0.25) is 0 Å². The molecule has 1 rings (SSSR count). The minimum atomic E-state index is 0. The lowest BCUT2D eigenvalue weighted by Gasteiger charge is -2.07. The largest absolute Gasteiger partial charge is 0.496 e. The molecule has 1 atom stereocenters. The second-order valence-corrected chi connectivity index (χ2v) is 4.79. The zero-order chi connectivity index (χ0) is 10.0. The van der Waals surface area contributed by atoms with E-state index in [9.17, 15) is 0 Å². The number of rotatable bonds is 2. The van der Waals surface area contributed by atoms with Crippen LogP contribution in [-0.4, -0.2) is 12.1 Å². The van der Waals surface area contributed by atoms with E-state index in [4.69, 9.17) is 22.7 Å². The smallest absolute Gasteiger partial charge is 0.133 e. The van der Waals surface area contributed by atoms with Crippen LogP contribution in [0.5, 0.6) is 5.75 Å². The molecule has 0 amide bonds. The van der Waals surface area contributed by atoms with Gasteiger partial charge in [-0.2, -0.15) is 9.90 Å². The van der Waals surface area contributed by atoms with Gasteiger partial charge in [-0.25, -0.2) is 0 Å². The van der Waals surface area contributed by atoms with Crippen molar-refractivity contribution in [3.63, 3.8) is 0 Å². The van der Waals surface area contributed by atoms with Crippen molar-refractivity contribution in [2.24, 2.45) is 5.73 Å². The van der Waals surface area contributed by atoms with Gasteiger partial charge in [0, 0.05) is 9.13 Å². The van der Waals surface area contributed by atoms with Crippen molar-refractivity contribution >= 4 is 65.6 Å². The Bertz CT molecular complexity index is 361. The number of halogens is 2. The molecule has 0 aliphatic rings. The van der Waals surface area contributed by atoms with Crippen LogP contribution in [0.1, 0.15) is 5.56 Å². The Balaban J connectivity index is 0.00000169. The minimum Gasteiger partial charge on any atom is -0.496 e. The summed E-state index contributed by atoms with van der Waals surface area (Å²) in [5.41, 5.74) is 6.39. The zero-order valence-electron chi connectivity index (χ0n) is 7.51. The van der Waals surface area contributed by atoms with Crippen LogP contribution in [0.3, 0.4) is 0 Å². The van der Waals surface area contributed by atoms with Gasteiger partial charge in [-0.1, -0.05) is 12.2 Å². The van der Waals surface area contributed by atoms with Crippen molar-refractivity contribution in [3.05, 3.63) is 25.7 Å². The molecule has 0 spiro atoms. The average Bonchev–Trinajstić information content (AvgIpc) is 2.03. The highest BCUT2D eigenvalue weighted by atomic mass is 127. The van der Waals surface area contributed by atoms with E-state index in [0.29, 0.717) is 4.99 Å². The molecule has 6 heteroatoms. The third-order valence-corrected chi connectivity index (χ3v) is 3.24. The second kappa shape index (κ2) is 6.20. The lowest BCUT2D eigenvalue weighted by molar-refractivity contribution is 0.412. The maximum Gasteiger partial charge on any atom is 0.133 e. The van der Waals surface area contributed by atoms with Crippen molar-refractivity contribution in [1.82, 2.24) is 0 Å². The molecule has 1 aromatic carbocycles. The quantitative estimate of drug-likeness (QED) is 0.467. The number of thiocarbonyl (C=S) groups is 1. The van der Waals surface area contributed by atoms with Crippen LogP contribution in [-0.2, 0) is 0 Å². The van der Waals surface area contributed by atoms with Crippen molar-refractivity contribution < 1.29 is 4.74 Å². The third-order valence-electron chi connectivity index (χ3n) is 1.51. The van der Waals surface area contributed by atoms with Crippen LogP contribution in [0.15, 0.2) is 16.6 Å². The SMILES string of the molecule is COc1cc(C(N)=S)c(I)cc1Br.P. The number of ether oxygens (including phenoxy) is 1. The van der Waals surface area contributed by atoms with E-state index in [-0.39, 0.29) is 9.90 Å². The fraction of sp³-hybridized carbons (Fsp3) is 0.125. The monoisotopic (exact) mass is 405 g/mol. The Hall–Kier alpha value is 0.550. The Morgan fingerprint density at radius 2 is 2.14 bits per heavy atom. The summed E-state index contributed by atoms with van der Waals surface area (Å²) in [5, 5.41) is 0. The van der Waals surface area contributed by atoms with Crippen molar-refractivity contribution in [3.8, 4) is 5.75 Å². The topological polar surface area (TPSA) is 35.2 Å². The highest BCUT2D eigenvalue weighted by Crippen LogP contribution is 2.29. The number of hydrogen-bond donors (Lipinski definition) is 1. The standard InChI is InChI=1S/C8H7BrINOS.H3P/c1-12-7-2-4(8(11)13)6(10)3-5(7)9;/h2-3H,1H3,(H2,11,13);1H3. The summed E-state index contributed by atoms with van der Waals surface area (Å²) in [6.07, 6.45) is 0. The fourth-order valence-corrected chi connectivity index (χ4v) is 2.92. The van der Waals surface area contributed by atoms with Crippen LogP contribution in [0, 0.1) is 3.57 Å². The molecular formula is C8H10BrINOPS. The molecule has 0 bridgehead atoms. The molecule has 0 aromatic heterocycles. The second-order valence-electron chi connectivity index (χ2n) is 2.33. The van der Waals surface area contributed by atoms with Crippen molar-refractivity contribution in [1.29, 1.82) is 0 Å². The predicted molar refractivity (Wildman–Crippen MR) is 80.4 cm³/mol. The third kappa shape index (κ3) is 3.29. The van der Waals surface area contributed by atoms with E-state index in [1.54, 1.807) is 7.11 Å². The van der Waals surface area contributed by atoms with Gasteiger partial charge in [0.1, 0.15) is 10.7 Å². The van der Waals surface area contributed by atoms with Crippen LogP contribution in [0.4, 0.5) is 0 Å². The first-order valence-corrected chi connectivity index (χ1v) is 5.67. The van der Waals surface area contributed by atoms with Gasteiger partial charge in [-0.3, -0.25) is 0 Å². The molecular weight excluding hydrogens is 396 g/mol. The molecule has 2 nitrogen and oxygen atoms in total. The molecule has 14 heavy (non-hydrogen) atoms. The zero-order valence-corrected chi connectivity index (χ0v) is 13.5. The van der Waals surface area contributed by atoms with E-state index in [1.165, 1.54) is 0 Å². The minimum absolute atomic E-state index is 0. The molecule has 0 fully saturated rings. The summed E-state index contributed by atoms with van der Waals surface area (Å²) in [7, 11) is 1.61. The molecule has 1 unspecified atom stereocenters. The Kier molecular flexibility index (Phi) is 6.45. The highest BCUT2D eigenvalue weighted by molar-refractivity contribution is 14.1. The first-order valence-electron chi connectivity index (χ1n) is 3.39. The van der Waals surface area contributed by atoms with Gasteiger partial charge in [0.05, 0.1) is 11.6 Å². The van der Waals surface area contributed by atoms with Crippen molar-refractivity contribution in [2.45, 2.75) is 0 Å². The van der Waals surface area contributed by atoms with Crippen molar-refractivity contribution in [2.75, 3.05) is 7.11 Å². The summed E-state index contributed by atoms with van der Waals surface area (Å²) >= 11 is 10.5. The van der Waals surface area contributed by atoms with Crippen LogP contribution in [0.2, 0.25) is 0 Å². The van der Waals surface area contributed by atoms with E-state index >= 15 is 0 Å². The molecule has 0 aliphatic heterocycles. The summed E-state index contributed by atoms with van der Waals surface area (Å²) in [6.45, 7) is 0. The molecule has 2 N–H and O–H groups in total. The molecule has 0 saturated carbocycles. The Morgan fingerprint density at radius 1 is 1.57 bits per heavy atom. The Morgan fingerprint density at radius 3 is 2.57 bits per heavy atom. The number of methoxy groups -OCH3 is 1. The van der Waals surface area contributed by atoms with Gasteiger partial charge in [0.25, 0.3) is 0 Å². The van der Waals surface area contributed by atoms with Crippen LogP contribution < -0.4 is 10.5 Å². The molecule has 1 aromatic rings. The molecule has 0 heterocycles. The molecule has 0 radical (unpaired) electrons. The summed E-state index contributed by atoms with van der Waals surface area (Å²) in [4.78, 5) is 0.384. The van der Waals surface area contributed by atoms with Gasteiger partial charge in [0.15, 0.2) is 0 Å². The van der Waals surface area contributed by atoms with Gasteiger partial charge in [-0.15, -0.1) is 0 Å². The van der Waals surface area contributed by atoms with E-state index < -0.39 is 0 Å². The highest BCUT2D eigenvalue weighted by Gasteiger charge is 2.08. The first-order chi connectivity index (χ1) is 6.06. The normalized spacial score (nSPS) is 9.07. The van der Waals surface area contributed by atoms with Crippen LogP contribution >= 0.6 is 60.6 Å². The summed E-state index contributed by atoms with van der Waals surface area (Å²) < 4.78 is 7.04. The molecule has 78 valence electrons. The Labute approximate surface area is 114 Å². The van der Waals surface area contributed by atoms with E-state index in [1.807, 2.05) is 12.1 Å². The molecule has 0 aliphatic carbocycles. The maximum absolute atomic E-state index is 5.54. The number of hydrogen-bond acceptors (Lipinski definition) is 2.